The minimum atomic E-state index is -1.76. The highest BCUT2D eigenvalue weighted by Crippen LogP contribution is 2.15. The number of aliphatic carboxylic acids is 1. The topological polar surface area (TPSA) is 1100 Å². The molecule has 0 fully saturated rings. The summed E-state index contributed by atoms with van der Waals surface area (Å²) < 4.78 is 0. The van der Waals surface area contributed by atoms with Crippen LogP contribution in [0.3, 0.4) is 0 Å². The molecule has 1 heterocycles. The molecule has 0 radical (unpaired) electrons. The minimum absolute atomic E-state index is 0.0105. The lowest BCUT2D eigenvalue weighted by molar-refractivity contribution is -0.144. The minimum Gasteiger partial charge on any atom is -0.480 e. The highest BCUT2D eigenvalue weighted by atomic mass is 16.4. The third-order valence-electron chi connectivity index (χ3n) is 20.3. The lowest BCUT2D eigenvalue weighted by atomic mass is 10.0. The van der Waals surface area contributed by atoms with E-state index in [-0.39, 0.29) is 219 Å². The van der Waals surface area contributed by atoms with Gasteiger partial charge in [-0.25, -0.2) is 9.78 Å². The van der Waals surface area contributed by atoms with Crippen LogP contribution in [-0.4, -0.2) is 308 Å². The Morgan fingerprint density at radius 1 is 0.309 bits per heavy atom. The average Bonchev–Trinajstić information content (AvgIpc) is 1.67. The Bertz CT molecular complexity index is 4220. The van der Waals surface area contributed by atoms with Gasteiger partial charge in [0.2, 0.25) is 82.7 Å². The number of nitrogens with two attached hydrogens (primary N) is 12. The number of hydrogen-bond acceptors (Lipinski definition) is 27. The number of unbranched alkanes of at least 4 members (excludes halogenated alkanes) is 1. The monoisotopic (exact) mass is 1970 g/mol. The first-order valence-corrected chi connectivity index (χ1v) is 45.2. The summed E-state index contributed by atoms with van der Waals surface area (Å²) in [4.78, 5) is 220. The van der Waals surface area contributed by atoms with Gasteiger partial charge in [-0.1, -0.05) is 13.8 Å². The summed E-state index contributed by atoms with van der Waals surface area (Å²) in [6, 6.07) is -20.2. The summed E-state index contributed by atoms with van der Waals surface area (Å²) in [5.41, 5.74) is 67.5. The molecule has 0 bridgehead atoms. The highest BCUT2D eigenvalue weighted by molar-refractivity contribution is 6.00. The maximum absolute atomic E-state index is 15.1. The lowest BCUT2D eigenvalue weighted by Gasteiger charge is -2.28. The van der Waals surface area contributed by atoms with Gasteiger partial charge >= 0.3 is 5.97 Å². The first kappa shape index (κ1) is 122. The Morgan fingerprint density at radius 2 is 0.547 bits per heavy atom. The van der Waals surface area contributed by atoms with Gasteiger partial charge in [0.15, 0.2) is 53.6 Å². The standard InChI is InChI=1S/C78H149N45O16/c1-40(2)34-52(67(136)123-54(69(138)139)36-55(81)124)121-68(137)53(35-41-37-100-39-111-41)122-59(128)44(15-3-4-24-79)112-56(125)38-110-58(127)43(16-6-26-102-71(84)85)114-61(130)46(18-8-28-104-73(88)89)116-63(132)48(20-10-30-106-75(92)93)118-65(134)50(22-12-32-108-77(96)97)120-66(135)51(23-13-33-109-78(98)99)119-64(133)49(21-11-31-107-76(94)95)117-62(131)47(19-9-29-105-74(90)91)115-60(129)45(17-7-27-103-72(86)87)113-57(126)42(80)14-5-25-101-70(82)83/h37,39-40,42-54H,3-36,38,79-80H2,1-2H3,(H2,81,124)(H,100,111)(H,110,127)(H,112,125)(H,113,126)(H,114,130)(H,115,129)(H,116,132)(H,117,131)(H,118,134)(H,119,133)(H,120,135)(H,121,137)(H,122,128)(H,123,136)(H,138,139)(H4,82,83,101)(H4,84,85,102)(H4,86,87,103)(H4,88,89,104)(H4,90,91,105)(H4,92,93,106)(H4,94,95,107)(H4,96,97,108)(H4,98,99,109)/t42-,43-,44-,45-,46-,47-,48-,49-,50-,51-,52-,53-,54-/m0/s1. The van der Waals surface area contributed by atoms with E-state index in [0.29, 0.717) is 12.1 Å². The Labute approximate surface area is 803 Å². The van der Waals surface area contributed by atoms with Gasteiger partial charge in [0.1, 0.15) is 72.5 Å². The largest absolute Gasteiger partial charge is 0.480 e. The number of nitrogens with one attached hydrogen (secondary N) is 32. The second-order valence-corrected chi connectivity index (χ2v) is 32.7. The van der Waals surface area contributed by atoms with Crippen molar-refractivity contribution in [2.24, 2.45) is 74.7 Å². The molecule has 0 aliphatic heterocycles. The predicted octanol–water partition coefficient (Wildman–Crippen LogP) is -14.3. The summed E-state index contributed by atoms with van der Waals surface area (Å²) >= 11 is 0. The molecular formula is C78H149N45O16. The van der Waals surface area contributed by atoms with Crippen molar-refractivity contribution in [2.45, 2.75) is 246 Å². The summed E-state index contributed by atoms with van der Waals surface area (Å²) in [6.07, 6.45) is 0.147. The van der Waals surface area contributed by atoms with Crippen LogP contribution in [0.1, 0.15) is 167 Å². The lowest BCUT2D eigenvalue weighted by Crippen LogP contribution is -2.60. The van der Waals surface area contributed by atoms with E-state index in [2.05, 4.69) is 127 Å². The molecule has 61 heteroatoms. The number of aromatic nitrogens is 2. The van der Waals surface area contributed by atoms with E-state index in [9.17, 15) is 57.8 Å². The van der Waals surface area contributed by atoms with Crippen molar-refractivity contribution in [1.29, 1.82) is 48.7 Å². The Balaban J connectivity index is 4.11. The van der Waals surface area contributed by atoms with Crippen LogP contribution in [0.4, 0.5) is 0 Å². The molecule has 0 saturated carbocycles. The first-order chi connectivity index (χ1) is 65.6. The van der Waals surface area contributed by atoms with E-state index >= 15 is 19.2 Å². The SMILES string of the molecule is CC(C)C[C@H](NC(=O)[C@H](Cc1cnc[nH]1)NC(=O)[C@H](CCCCN)NC(=O)CNC(=O)[C@H](CCCNC(=N)N)NC(=O)[C@H](CCCNC(=N)N)NC(=O)[C@H](CCCNC(=N)N)NC(=O)[C@H](CCCNC(=N)N)NC(=O)[C@H](CCCNC(=N)N)NC(=O)[C@H](CCCNC(=N)N)NC(=O)[C@H](CCCNC(=N)N)NC(=O)[C@H](CCCNC(=N)N)NC(=O)[C@@H](N)CCCNC(=N)N)C(=O)N[C@@H](CC(N)=O)C(=O)O. The molecule has 0 aliphatic carbocycles. The van der Waals surface area contributed by atoms with Gasteiger partial charge in [0, 0.05) is 77.2 Å². The number of aromatic amines is 1. The van der Waals surface area contributed by atoms with Crippen LogP contribution in [0, 0.1) is 54.6 Å². The number of carbonyl (C=O) groups is 15. The summed E-state index contributed by atoms with van der Waals surface area (Å²) in [5.74, 6) is -19.8. The number of nitrogens with zero attached hydrogens (tertiary/aromatic N) is 1. The zero-order valence-corrected chi connectivity index (χ0v) is 78.4. The van der Waals surface area contributed by atoms with Crippen LogP contribution in [0.5, 0.6) is 0 Å². The molecule has 0 unspecified atom stereocenters. The maximum atomic E-state index is 15.1. The normalized spacial score (nSPS) is 13.6. The number of rotatable bonds is 73. The van der Waals surface area contributed by atoms with Gasteiger partial charge in [-0.05, 0) is 154 Å². The Morgan fingerprint density at radius 3 is 0.806 bits per heavy atom. The zero-order chi connectivity index (χ0) is 105. The Kier molecular flexibility index (Phi) is 60.0. The van der Waals surface area contributed by atoms with Crippen LogP contribution < -0.4 is 186 Å². The van der Waals surface area contributed by atoms with Crippen LogP contribution >= 0.6 is 0 Å². The van der Waals surface area contributed by atoms with E-state index < -0.39 is 228 Å². The van der Waals surface area contributed by atoms with Gasteiger partial charge in [-0.2, -0.15) is 0 Å². The van der Waals surface area contributed by atoms with Gasteiger partial charge in [0.05, 0.1) is 25.3 Å². The molecule has 14 amide bonds. The fourth-order valence-electron chi connectivity index (χ4n) is 13.3. The van der Waals surface area contributed by atoms with Gasteiger partial charge < -0.3 is 196 Å². The summed E-state index contributed by atoms with van der Waals surface area (Å²) in [6.45, 7) is 2.44. The average molecular weight is 1970 g/mol. The molecule has 0 aliphatic rings. The Hall–Kier alpha value is -15.4. The van der Waals surface area contributed by atoms with Crippen molar-refractivity contribution in [2.75, 3.05) is 72.0 Å². The zero-order valence-electron chi connectivity index (χ0n) is 78.4. The fraction of sp³-hybridized carbons (Fsp3) is 0.654. The number of carboxylic acids is 1. The summed E-state index contributed by atoms with van der Waals surface area (Å²) in [7, 11) is 0. The number of amides is 14. The number of primary amides is 1. The van der Waals surface area contributed by atoms with Crippen molar-refractivity contribution in [3.63, 3.8) is 0 Å². The van der Waals surface area contributed by atoms with Gasteiger partial charge in [0.25, 0.3) is 0 Å². The van der Waals surface area contributed by atoms with Crippen LogP contribution in [0.15, 0.2) is 12.5 Å². The molecule has 782 valence electrons. The van der Waals surface area contributed by atoms with E-state index in [1.54, 1.807) is 13.8 Å². The number of imidazole rings is 1. The number of carbonyl (C=O) groups excluding carboxylic acids is 14. The van der Waals surface area contributed by atoms with Gasteiger partial charge in [-0.15, -0.1) is 0 Å². The van der Waals surface area contributed by atoms with Crippen molar-refractivity contribution in [3.05, 3.63) is 18.2 Å². The maximum Gasteiger partial charge on any atom is 0.326 e. The number of H-pyrrole nitrogens is 1. The van der Waals surface area contributed by atoms with Crippen molar-refractivity contribution in [3.8, 4) is 0 Å². The first-order valence-electron chi connectivity index (χ1n) is 45.2. The van der Waals surface area contributed by atoms with E-state index in [1.165, 1.54) is 12.5 Å². The molecular weight excluding hydrogens is 1820 g/mol. The molecule has 0 saturated heterocycles. The molecule has 57 N–H and O–H groups in total. The molecule has 13 atom stereocenters. The fourth-order valence-corrected chi connectivity index (χ4v) is 13.3. The predicted molar refractivity (Wildman–Crippen MR) is 513 cm³/mol. The molecule has 139 heavy (non-hydrogen) atoms. The van der Waals surface area contributed by atoms with Crippen LogP contribution in [0.2, 0.25) is 0 Å². The van der Waals surface area contributed by atoms with E-state index in [4.69, 9.17) is 117 Å². The molecule has 0 spiro atoms. The van der Waals surface area contributed by atoms with Gasteiger partial charge in [-0.3, -0.25) is 116 Å². The number of carboxylic acid groups (broad SMARTS) is 1. The van der Waals surface area contributed by atoms with E-state index in [0.717, 1.165) is 0 Å². The molecule has 1 aromatic heterocycles. The number of hydrogen-bond donors (Lipinski definition) is 45. The third-order valence-corrected chi connectivity index (χ3v) is 20.3. The van der Waals surface area contributed by atoms with Crippen molar-refractivity contribution in [1.82, 2.24) is 127 Å². The molecule has 61 nitrogen and oxygen atoms in total. The molecule has 0 aromatic carbocycles. The second-order valence-electron chi connectivity index (χ2n) is 32.7. The summed E-state index contributed by atoms with van der Waals surface area (Å²) in [5, 5.41) is 136. The van der Waals surface area contributed by atoms with Crippen LogP contribution in [0.25, 0.3) is 0 Å². The smallest absolute Gasteiger partial charge is 0.326 e. The van der Waals surface area contributed by atoms with Crippen LogP contribution in [-0.2, 0) is 78.3 Å². The van der Waals surface area contributed by atoms with Crippen molar-refractivity contribution < 1.29 is 77.0 Å². The third kappa shape index (κ3) is 57.2. The number of guanidine groups is 9. The molecule has 1 rings (SSSR count). The molecule has 1 aromatic rings. The quantitative estimate of drug-likeness (QED) is 0.0164. The second kappa shape index (κ2) is 68.6. The van der Waals surface area contributed by atoms with Crippen molar-refractivity contribution >= 4 is 142 Å². The van der Waals surface area contributed by atoms with E-state index in [1.807, 2.05) is 0 Å². The highest BCUT2D eigenvalue weighted by Gasteiger charge is 2.38.